The molecule has 106 valence electrons. The molecule has 0 bridgehead atoms. The fraction of sp³-hybridized carbons (Fsp3) is 0.250. The van der Waals surface area contributed by atoms with Crippen LogP contribution in [0.3, 0.4) is 0 Å². The Hall–Kier alpha value is -1.68. The third-order valence-corrected chi connectivity index (χ3v) is 3.99. The molecular formula is C16H17FO2S. The van der Waals surface area contributed by atoms with Crippen LogP contribution in [-0.4, -0.2) is 14.7 Å². The first kappa shape index (κ1) is 14.7. The van der Waals surface area contributed by atoms with Gasteiger partial charge in [-0.1, -0.05) is 43.3 Å². The van der Waals surface area contributed by atoms with Crippen molar-refractivity contribution in [3.05, 3.63) is 59.4 Å². The Balaban J connectivity index is 2.33. The van der Waals surface area contributed by atoms with Crippen molar-refractivity contribution in [3.63, 3.8) is 0 Å². The molecule has 0 unspecified atom stereocenters. The Labute approximate surface area is 119 Å². The molecule has 0 aromatic heterocycles. The molecule has 0 amide bonds. The molecule has 0 aliphatic carbocycles. The molecule has 0 radical (unpaired) electrons. The predicted octanol–water partition coefficient (Wildman–Crippen LogP) is 3.60. The lowest BCUT2D eigenvalue weighted by Crippen LogP contribution is -2.01. The number of sulfone groups is 1. The van der Waals surface area contributed by atoms with E-state index in [1.807, 2.05) is 24.3 Å². The normalized spacial score (nSPS) is 11.6. The fourth-order valence-electron chi connectivity index (χ4n) is 2.11. The predicted molar refractivity (Wildman–Crippen MR) is 79.8 cm³/mol. The van der Waals surface area contributed by atoms with Crippen molar-refractivity contribution in [1.82, 2.24) is 0 Å². The molecular weight excluding hydrogens is 275 g/mol. The molecule has 4 heteroatoms. The summed E-state index contributed by atoms with van der Waals surface area (Å²) in [5.41, 5.74) is 2.96. The monoisotopic (exact) mass is 292 g/mol. The van der Waals surface area contributed by atoms with Gasteiger partial charge in [0.1, 0.15) is 5.82 Å². The number of rotatable bonds is 4. The van der Waals surface area contributed by atoms with Crippen LogP contribution in [0.2, 0.25) is 0 Å². The topological polar surface area (TPSA) is 34.1 Å². The number of aryl methyl sites for hydroxylation is 1. The summed E-state index contributed by atoms with van der Waals surface area (Å²) in [6, 6.07) is 12.3. The summed E-state index contributed by atoms with van der Waals surface area (Å²) in [4.78, 5) is 0. The van der Waals surface area contributed by atoms with Gasteiger partial charge in [0, 0.05) is 11.8 Å². The molecule has 0 aliphatic heterocycles. The van der Waals surface area contributed by atoms with Crippen LogP contribution in [0.1, 0.15) is 18.1 Å². The average Bonchev–Trinajstić information content (AvgIpc) is 2.37. The van der Waals surface area contributed by atoms with Crippen LogP contribution in [0, 0.1) is 5.82 Å². The molecule has 2 aromatic carbocycles. The Morgan fingerprint density at radius 1 is 1.00 bits per heavy atom. The Kier molecular flexibility index (Phi) is 4.23. The van der Waals surface area contributed by atoms with Crippen LogP contribution in [0.15, 0.2) is 42.5 Å². The summed E-state index contributed by atoms with van der Waals surface area (Å²) in [5, 5.41) is 0. The van der Waals surface area contributed by atoms with Gasteiger partial charge in [0.2, 0.25) is 0 Å². The van der Waals surface area contributed by atoms with E-state index < -0.39 is 15.7 Å². The maximum Gasteiger partial charge on any atom is 0.151 e. The van der Waals surface area contributed by atoms with E-state index in [1.54, 1.807) is 12.1 Å². The highest BCUT2D eigenvalue weighted by Crippen LogP contribution is 2.24. The molecule has 2 rings (SSSR count). The molecule has 0 saturated carbocycles. The summed E-state index contributed by atoms with van der Waals surface area (Å²) < 4.78 is 36.5. The zero-order valence-corrected chi connectivity index (χ0v) is 12.4. The van der Waals surface area contributed by atoms with Crippen LogP contribution in [0.4, 0.5) is 4.39 Å². The molecule has 0 spiro atoms. The summed E-state index contributed by atoms with van der Waals surface area (Å²) in [6.07, 6.45) is 2.08. The van der Waals surface area contributed by atoms with E-state index in [-0.39, 0.29) is 5.75 Å². The molecule has 0 N–H and O–H groups in total. The van der Waals surface area contributed by atoms with Crippen LogP contribution >= 0.6 is 0 Å². The van der Waals surface area contributed by atoms with Gasteiger partial charge in [0.05, 0.1) is 5.75 Å². The van der Waals surface area contributed by atoms with Crippen LogP contribution in [0.5, 0.6) is 0 Å². The van der Waals surface area contributed by atoms with Gasteiger partial charge in [0.15, 0.2) is 9.84 Å². The van der Waals surface area contributed by atoms with Crippen LogP contribution in [-0.2, 0) is 22.0 Å². The number of benzene rings is 2. The lowest BCUT2D eigenvalue weighted by Gasteiger charge is -2.07. The minimum atomic E-state index is -3.15. The second-order valence-electron chi connectivity index (χ2n) is 4.93. The molecule has 0 fully saturated rings. The highest BCUT2D eigenvalue weighted by molar-refractivity contribution is 7.89. The van der Waals surface area contributed by atoms with Crippen molar-refractivity contribution in [1.29, 1.82) is 0 Å². The van der Waals surface area contributed by atoms with E-state index in [4.69, 9.17) is 0 Å². The summed E-state index contributed by atoms with van der Waals surface area (Å²) >= 11 is 0. The third-order valence-electron chi connectivity index (χ3n) is 3.14. The van der Waals surface area contributed by atoms with Gasteiger partial charge in [-0.3, -0.25) is 0 Å². The zero-order valence-electron chi connectivity index (χ0n) is 11.6. The first-order valence-corrected chi connectivity index (χ1v) is 8.50. The van der Waals surface area contributed by atoms with Gasteiger partial charge in [-0.05, 0) is 29.2 Å². The maximum absolute atomic E-state index is 14.1. The maximum atomic E-state index is 14.1. The smallest absolute Gasteiger partial charge is 0.151 e. The molecule has 0 atom stereocenters. The van der Waals surface area contributed by atoms with Gasteiger partial charge in [-0.15, -0.1) is 0 Å². The third kappa shape index (κ3) is 3.67. The Morgan fingerprint density at radius 3 is 2.10 bits per heavy atom. The van der Waals surface area contributed by atoms with Crippen molar-refractivity contribution in [2.45, 2.75) is 19.1 Å². The molecule has 20 heavy (non-hydrogen) atoms. The van der Waals surface area contributed by atoms with Crippen LogP contribution < -0.4 is 0 Å². The minimum absolute atomic E-state index is 0.140. The molecule has 0 heterocycles. The number of hydrogen-bond acceptors (Lipinski definition) is 2. The lowest BCUT2D eigenvalue weighted by atomic mass is 10.0. The zero-order chi connectivity index (χ0) is 14.8. The lowest BCUT2D eigenvalue weighted by molar-refractivity contribution is 0.600. The molecule has 0 saturated heterocycles. The highest BCUT2D eigenvalue weighted by Gasteiger charge is 2.09. The summed E-state index contributed by atoms with van der Waals surface area (Å²) in [6.45, 7) is 2.07. The van der Waals surface area contributed by atoms with Gasteiger partial charge in [-0.25, -0.2) is 12.8 Å². The summed E-state index contributed by atoms with van der Waals surface area (Å²) in [7, 11) is -3.15. The fourth-order valence-corrected chi connectivity index (χ4v) is 2.89. The average molecular weight is 292 g/mol. The van der Waals surface area contributed by atoms with E-state index in [9.17, 15) is 12.8 Å². The van der Waals surface area contributed by atoms with Crippen molar-refractivity contribution in [3.8, 4) is 11.1 Å². The van der Waals surface area contributed by atoms with Crippen molar-refractivity contribution in [2.75, 3.05) is 6.26 Å². The summed E-state index contributed by atoms with van der Waals surface area (Å²) in [5.74, 6) is -0.533. The van der Waals surface area contributed by atoms with E-state index in [0.29, 0.717) is 11.1 Å². The standard InChI is InChI=1S/C16H17FO2S/c1-3-12-4-7-14(8-5-12)15-9-6-13(10-16(15)17)11-20(2,18)19/h4-10H,3,11H2,1-2H3. The number of halogens is 1. The van der Waals surface area contributed by atoms with Crippen LogP contribution in [0.25, 0.3) is 11.1 Å². The van der Waals surface area contributed by atoms with Crippen molar-refractivity contribution < 1.29 is 12.8 Å². The van der Waals surface area contributed by atoms with Gasteiger partial charge >= 0.3 is 0 Å². The van der Waals surface area contributed by atoms with Crippen molar-refractivity contribution in [2.24, 2.45) is 0 Å². The van der Waals surface area contributed by atoms with E-state index in [1.165, 1.54) is 11.6 Å². The Bertz CT molecular complexity index is 704. The molecule has 0 aliphatic rings. The SMILES string of the molecule is CCc1ccc(-c2ccc(CS(C)(=O)=O)cc2F)cc1. The minimum Gasteiger partial charge on any atom is -0.229 e. The highest BCUT2D eigenvalue weighted by atomic mass is 32.2. The van der Waals surface area contributed by atoms with Crippen molar-refractivity contribution >= 4 is 9.84 Å². The van der Waals surface area contributed by atoms with Gasteiger partial charge in [-0.2, -0.15) is 0 Å². The van der Waals surface area contributed by atoms with E-state index >= 15 is 0 Å². The molecule has 2 aromatic rings. The molecule has 2 nitrogen and oxygen atoms in total. The van der Waals surface area contributed by atoms with E-state index in [2.05, 4.69) is 6.92 Å². The first-order valence-electron chi connectivity index (χ1n) is 6.44. The Morgan fingerprint density at radius 2 is 1.60 bits per heavy atom. The van der Waals surface area contributed by atoms with Gasteiger partial charge in [0.25, 0.3) is 0 Å². The van der Waals surface area contributed by atoms with Gasteiger partial charge < -0.3 is 0 Å². The number of hydrogen-bond donors (Lipinski definition) is 0. The van der Waals surface area contributed by atoms with E-state index in [0.717, 1.165) is 18.2 Å². The first-order chi connectivity index (χ1) is 9.39. The second-order valence-corrected chi connectivity index (χ2v) is 7.07. The largest absolute Gasteiger partial charge is 0.229 e. The second kappa shape index (κ2) is 5.75. The quantitative estimate of drug-likeness (QED) is 0.863.